The second kappa shape index (κ2) is 11.4. The zero-order chi connectivity index (χ0) is 30.2. The van der Waals surface area contributed by atoms with E-state index in [4.69, 9.17) is 19.2 Å². The standard InChI is InChI=1S/C34H31N3O5S/c1-6-42-33(39)29-30(21-12-8-7-9-13-21)35-34-37(31(29)22-16-17-26(40-4)27(18-22)41-5)32(38)28(43-34)19-24-20(2)36(3)25-15-11-10-14-23(24)25/h7-19,31H,6H2,1-5H3. The van der Waals surface area contributed by atoms with Crippen molar-refractivity contribution in [2.75, 3.05) is 20.8 Å². The van der Waals surface area contributed by atoms with Crippen molar-refractivity contribution in [3.8, 4) is 11.5 Å². The van der Waals surface area contributed by atoms with Crippen LogP contribution in [0.1, 0.15) is 35.3 Å². The van der Waals surface area contributed by atoms with E-state index in [0.717, 1.165) is 27.7 Å². The first-order valence-electron chi connectivity index (χ1n) is 13.9. The number of ether oxygens (including phenoxy) is 3. The first kappa shape index (κ1) is 28.2. The van der Waals surface area contributed by atoms with Gasteiger partial charge in [0.1, 0.15) is 0 Å². The van der Waals surface area contributed by atoms with Gasteiger partial charge in [-0.1, -0.05) is 65.9 Å². The Morgan fingerprint density at radius 1 is 1.00 bits per heavy atom. The number of nitrogens with zero attached hydrogens (tertiary/aromatic N) is 3. The number of aromatic nitrogens is 2. The predicted octanol–water partition coefficient (Wildman–Crippen LogP) is 4.75. The molecular weight excluding hydrogens is 562 g/mol. The van der Waals surface area contributed by atoms with Crippen LogP contribution in [0.2, 0.25) is 0 Å². The molecule has 0 aliphatic carbocycles. The molecule has 0 bridgehead atoms. The molecule has 9 heteroatoms. The lowest BCUT2D eigenvalue weighted by Gasteiger charge is -2.26. The number of hydrogen-bond acceptors (Lipinski definition) is 7. The summed E-state index contributed by atoms with van der Waals surface area (Å²) in [7, 11) is 5.13. The molecule has 1 aliphatic rings. The van der Waals surface area contributed by atoms with Crippen molar-refractivity contribution in [1.82, 2.24) is 9.13 Å². The Morgan fingerprint density at radius 2 is 1.72 bits per heavy atom. The van der Waals surface area contributed by atoms with E-state index in [1.807, 2.05) is 68.6 Å². The highest BCUT2D eigenvalue weighted by atomic mass is 32.1. The van der Waals surface area contributed by atoms with Crippen molar-refractivity contribution < 1.29 is 19.0 Å². The van der Waals surface area contributed by atoms with Crippen LogP contribution < -0.4 is 24.4 Å². The summed E-state index contributed by atoms with van der Waals surface area (Å²) >= 11 is 1.30. The minimum Gasteiger partial charge on any atom is -0.493 e. The predicted molar refractivity (Wildman–Crippen MR) is 168 cm³/mol. The maximum absolute atomic E-state index is 14.3. The fraction of sp³-hybridized carbons (Fsp3) is 0.206. The zero-order valence-electron chi connectivity index (χ0n) is 24.6. The number of aryl methyl sites for hydroxylation is 1. The zero-order valence-corrected chi connectivity index (χ0v) is 25.4. The van der Waals surface area contributed by atoms with E-state index in [-0.39, 0.29) is 17.7 Å². The minimum atomic E-state index is -0.818. The molecule has 218 valence electrons. The van der Waals surface area contributed by atoms with Crippen LogP contribution in [0.3, 0.4) is 0 Å². The number of esters is 1. The highest BCUT2D eigenvalue weighted by Gasteiger charge is 2.35. The highest BCUT2D eigenvalue weighted by molar-refractivity contribution is 7.07. The average molecular weight is 594 g/mol. The Kier molecular flexibility index (Phi) is 7.50. The van der Waals surface area contributed by atoms with Gasteiger partial charge >= 0.3 is 5.97 Å². The van der Waals surface area contributed by atoms with Crippen molar-refractivity contribution in [3.05, 3.63) is 120 Å². The number of rotatable bonds is 7. The third-order valence-electron chi connectivity index (χ3n) is 7.82. The van der Waals surface area contributed by atoms with Crippen LogP contribution >= 0.6 is 11.3 Å². The normalized spacial score (nSPS) is 14.9. The molecule has 0 N–H and O–H groups in total. The van der Waals surface area contributed by atoms with Gasteiger partial charge in [-0.15, -0.1) is 0 Å². The highest BCUT2D eigenvalue weighted by Crippen LogP contribution is 2.38. The number of methoxy groups -OCH3 is 2. The van der Waals surface area contributed by atoms with Crippen LogP contribution in [0.4, 0.5) is 0 Å². The van der Waals surface area contributed by atoms with Crippen LogP contribution in [-0.4, -0.2) is 35.9 Å². The molecule has 0 saturated carbocycles. The van der Waals surface area contributed by atoms with E-state index in [9.17, 15) is 9.59 Å². The number of benzene rings is 3. The number of carbonyl (C=O) groups is 1. The van der Waals surface area contributed by atoms with E-state index >= 15 is 0 Å². The summed E-state index contributed by atoms with van der Waals surface area (Å²) in [6, 6.07) is 22.2. The Labute approximate surface area is 252 Å². The van der Waals surface area contributed by atoms with Gasteiger partial charge in [0.25, 0.3) is 5.56 Å². The molecule has 3 heterocycles. The van der Waals surface area contributed by atoms with Crippen LogP contribution in [0.15, 0.2) is 88.2 Å². The van der Waals surface area contributed by atoms with Crippen LogP contribution in [-0.2, 0) is 16.6 Å². The Hall–Kier alpha value is -4.89. The van der Waals surface area contributed by atoms with Gasteiger partial charge in [-0.2, -0.15) is 0 Å². The van der Waals surface area contributed by atoms with Crippen molar-refractivity contribution in [3.63, 3.8) is 0 Å². The summed E-state index contributed by atoms with van der Waals surface area (Å²) in [6.45, 7) is 3.98. The van der Waals surface area contributed by atoms with Gasteiger partial charge < -0.3 is 18.8 Å². The summed E-state index contributed by atoms with van der Waals surface area (Å²) in [5.74, 6) is 0.481. The molecule has 0 radical (unpaired) electrons. The van der Waals surface area contributed by atoms with Crippen LogP contribution in [0.25, 0.3) is 22.7 Å². The summed E-state index contributed by atoms with van der Waals surface area (Å²) in [5, 5.41) is 1.06. The Morgan fingerprint density at radius 3 is 2.44 bits per heavy atom. The molecule has 1 atom stereocenters. The largest absolute Gasteiger partial charge is 0.493 e. The molecule has 1 aliphatic heterocycles. The maximum atomic E-state index is 14.3. The molecule has 2 aromatic heterocycles. The molecule has 5 aromatic rings. The van der Waals surface area contributed by atoms with Gasteiger partial charge in [-0.25, -0.2) is 9.79 Å². The SMILES string of the molecule is CCOC(=O)C1=C(c2ccccc2)N=c2sc(=Cc3c(C)n(C)c4ccccc34)c(=O)n2C1c1ccc(OC)c(OC)c1. The first-order chi connectivity index (χ1) is 20.9. The van der Waals surface area contributed by atoms with Gasteiger partial charge in [0.2, 0.25) is 0 Å². The summed E-state index contributed by atoms with van der Waals surface area (Å²) < 4.78 is 20.9. The van der Waals surface area contributed by atoms with Crippen molar-refractivity contribution in [2.24, 2.45) is 12.0 Å². The van der Waals surface area contributed by atoms with Gasteiger partial charge in [0.05, 0.1) is 42.7 Å². The first-order valence-corrected chi connectivity index (χ1v) is 14.7. The topological polar surface area (TPSA) is 84.1 Å². The molecule has 0 spiro atoms. The van der Waals surface area contributed by atoms with Gasteiger partial charge in [0.15, 0.2) is 16.3 Å². The van der Waals surface area contributed by atoms with E-state index in [1.54, 1.807) is 37.8 Å². The molecular formula is C34H31N3O5S. The van der Waals surface area contributed by atoms with Crippen LogP contribution in [0, 0.1) is 6.92 Å². The molecule has 6 rings (SSSR count). The van der Waals surface area contributed by atoms with Gasteiger partial charge in [-0.05, 0) is 43.7 Å². The molecule has 43 heavy (non-hydrogen) atoms. The second-order valence-corrected chi connectivity index (χ2v) is 11.1. The average Bonchev–Trinajstić information content (AvgIpc) is 3.48. The third-order valence-corrected chi connectivity index (χ3v) is 8.80. The summed E-state index contributed by atoms with van der Waals surface area (Å²) in [6.07, 6.45) is 1.93. The number of thiazole rings is 1. The molecule has 0 amide bonds. The second-order valence-electron chi connectivity index (χ2n) is 10.1. The molecule has 1 unspecified atom stereocenters. The number of para-hydroxylation sites is 1. The summed E-state index contributed by atoms with van der Waals surface area (Å²) in [4.78, 5) is 33.5. The smallest absolute Gasteiger partial charge is 0.338 e. The molecule has 0 saturated heterocycles. The molecule has 3 aromatic carbocycles. The van der Waals surface area contributed by atoms with E-state index in [1.165, 1.54) is 11.3 Å². The maximum Gasteiger partial charge on any atom is 0.338 e. The fourth-order valence-electron chi connectivity index (χ4n) is 5.64. The molecule has 8 nitrogen and oxygen atoms in total. The van der Waals surface area contributed by atoms with Crippen LogP contribution in [0.5, 0.6) is 11.5 Å². The lowest BCUT2D eigenvalue weighted by atomic mass is 9.93. The lowest BCUT2D eigenvalue weighted by Crippen LogP contribution is -2.40. The molecule has 0 fully saturated rings. The number of fused-ring (bicyclic) bond motifs is 2. The van der Waals surface area contributed by atoms with Crippen molar-refractivity contribution in [2.45, 2.75) is 19.9 Å². The van der Waals surface area contributed by atoms with E-state index in [2.05, 4.69) is 16.7 Å². The van der Waals surface area contributed by atoms with E-state index in [0.29, 0.717) is 32.1 Å². The van der Waals surface area contributed by atoms with Gasteiger partial charge in [0, 0.05) is 34.8 Å². The van der Waals surface area contributed by atoms with E-state index < -0.39 is 12.0 Å². The van der Waals surface area contributed by atoms with Crippen molar-refractivity contribution >= 4 is 40.0 Å². The third kappa shape index (κ3) is 4.75. The van der Waals surface area contributed by atoms with Crippen molar-refractivity contribution in [1.29, 1.82) is 0 Å². The number of hydrogen-bond donors (Lipinski definition) is 0. The summed E-state index contributed by atoms with van der Waals surface area (Å²) in [5.41, 5.74) is 5.01. The fourth-order valence-corrected chi connectivity index (χ4v) is 6.62. The van der Waals surface area contributed by atoms with Gasteiger partial charge in [-0.3, -0.25) is 9.36 Å². The monoisotopic (exact) mass is 593 g/mol. The lowest BCUT2D eigenvalue weighted by molar-refractivity contribution is -0.138. The number of carbonyl (C=O) groups excluding carboxylic acids is 1. The quantitative estimate of drug-likeness (QED) is 0.254. The minimum absolute atomic E-state index is 0.174. The Bertz CT molecular complexity index is 2090. The Balaban J connectivity index is 1.68.